The first kappa shape index (κ1) is 33.4. The van der Waals surface area contributed by atoms with Gasteiger partial charge in [-0.25, -0.2) is 19.9 Å². The van der Waals surface area contributed by atoms with Crippen LogP contribution in [-0.2, 0) is 0 Å². The number of oxazole rings is 1. The van der Waals surface area contributed by atoms with E-state index in [0.717, 1.165) is 77.7 Å². The predicted molar refractivity (Wildman–Crippen MR) is 234 cm³/mol. The maximum Gasteiger partial charge on any atom is 0.227 e. The number of aromatic nitrogens is 5. The second-order valence-electron chi connectivity index (χ2n) is 14.3. The Morgan fingerprint density at radius 3 is 1.62 bits per heavy atom. The van der Waals surface area contributed by atoms with Crippen molar-refractivity contribution in [2.75, 3.05) is 0 Å². The van der Waals surface area contributed by atoms with Crippen LogP contribution >= 0.6 is 0 Å². The van der Waals surface area contributed by atoms with Crippen LogP contribution in [0.4, 0.5) is 0 Å². The van der Waals surface area contributed by atoms with Crippen molar-refractivity contribution < 1.29 is 4.42 Å². The fourth-order valence-electron chi connectivity index (χ4n) is 7.91. The van der Waals surface area contributed by atoms with Crippen LogP contribution in [0.2, 0.25) is 0 Å². The molecule has 3 heterocycles. The second kappa shape index (κ2) is 14.0. The van der Waals surface area contributed by atoms with Crippen molar-refractivity contribution in [3.05, 3.63) is 200 Å². The van der Waals surface area contributed by atoms with E-state index in [4.69, 9.17) is 24.4 Å². The van der Waals surface area contributed by atoms with Crippen molar-refractivity contribution in [1.29, 1.82) is 0 Å². The zero-order valence-electron chi connectivity index (χ0n) is 31.2. The van der Waals surface area contributed by atoms with Crippen molar-refractivity contribution in [3.8, 4) is 73.6 Å². The van der Waals surface area contributed by atoms with Crippen LogP contribution in [0.1, 0.15) is 0 Å². The smallest absolute Gasteiger partial charge is 0.227 e. The summed E-state index contributed by atoms with van der Waals surface area (Å²) in [5.74, 6) is 2.37. The van der Waals surface area contributed by atoms with Gasteiger partial charge in [-0.15, -0.1) is 0 Å². The standard InChI is InChI=1S/C52H33N5O/c1-4-15-34(16-5-1)36-19-12-21-39(31-36)49-54-50(40-22-13-20-37(32-40)38-29-30-45-47(33-38)58-52(53-45)35-17-6-2-7-18-35)56-51(55-49)44-27-14-26-43-42-25-10-11-28-46(42)57(48(43)44)41-23-8-3-9-24-41/h1-33H. The summed E-state index contributed by atoms with van der Waals surface area (Å²) in [6, 6.07) is 68.7. The summed E-state index contributed by atoms with van der Waals surface area (Å²) < 4.78 is 8.58. The molecule has 272 valence electrons. The fourth-order valence-corrected chi connectivity index (χ4v) is 7.91. The van der Waals surface area contributed by atoms with E-state index in [1.54, 1.807) is 0 Å². The third kappa shape index (κ3) is 5.92. The molecule has 0 saturated carbocycles. The molecule has 0 N–H and O–H groups in total. The number of benzene rings is 8. The van der Waals surface area contributed by atoms with Gasteiger partial charge < -0.3 is 8.98 Å². The van der Waals surface area contributed by atoms with E-state index in [9.17, 15) is 0 Å². The van der Waals surface area contributed by atoms with Gasteiger partial charge in [0.15, 0.2) is 23.1 Å². The zero-order chi connectivity index (χ0) is 38.4. The predicted octanol–water partition coefficient (Wildman–Crippen LogP) is 13.1. The Kier molecular flexibility index (Phi) is 8.04. The lowest BCUT2D eigenvalue weighted by molar-refractivity contribution is 0.620. The largest absolute Gasteiger partial charge is 0.436 e. The molecule has 8 aromatic carbocycles. The maximum atomic E-state index is 6.25. The van der Waals surface area contributed by atoms with Gasteiger partial charge >= 0.3 is 0 Å². The number of nitrogens with zero attached hydrogens (tertiary/aromatic N) is 5. The van der Waals surface area contributed by atoms with E-state index in [-0.39, 0.29) is 0 Å². The Morgan fingerprint density at radius 2 is 0.897 bits per heavy atom. The minimum absolute atomic E-state index is 0.582. The van der Waals surface area contributed by atoms with Crippen LogP contribution in [0, 0.1) is 0 Å². The fraction of sp³-hybridized carbons (Fsp3) is 0. The molecule has 0 amide bonds. The summed E-state index contributed by atoms with van der Waals surface area (Å²) in [5, 5.41) is 2.30. The van der Waals surface area contributed by atoms with Crippen molar-refractivity contribution in [1.82, 2.24) is 24.5 Å². The Morgan fingerprint density at radius 1 is 0.362 bits per heavy atom. The summed E-state index contributed by atoms with van der Waals surface area (Å²) in [4.78, 5) is 20.5. The quantitative estimate of drug-likeness (QED) is 0.163. The summed E-state index contributed by atoms with van der Waals surface area (Å²) in [6.07, 6.45) is 0. The Bertz CT molecular complexity index is 3280. The molecule has 0 aliphatic rings. The van der Waals surface area contributed by atoms with Crippen molar-refractivity contribution >= 4 is 32.9 Å². The Balaban J connectivity index is 1.10. The molecule has 0 fully saturated rings. The molecule has 0 unspecified atom stereocenters. The van der Waals surface area contributed by atoms with Crippen molar-refractivity contribution in [2.45, 2.75) is 0 Å². The molecule has 0 atom stereocenters. The van der Waals surface area contributed by atoms with Gasteiger partial charge in [0.1, 0.15) is 5.52 Å². The monoisotopic (exact) mass is 743 g/mol. The van der Waals surface area contributed by atoms with Gasteiger partial charge in [0.2, 0.25) is 5.89 Å². The number of rotatable bonds is 7. The van der Waals surface area contributed by atoms with Crippen LogP contribution in [-0.4, -0.2) is 24.5 Å². The number of hydrogen-bond donors (Lipinski definition) is 0. The molecular weight excluding hydrogens is 711 g/mol. The molecule has 0 saturated heterocycles. The summed E-state index contributed by atoms with van der Waals surface area (Å²) in [6.45, 7) is 0. The van der Waals surface area contributed by atoms with Crippen LogP contribution in [0.5, 0.6) is 0 Å². The molecule has 0 spiro atoms. The second-order valence-corrected chi connectivity index (χ2v) is 14.3. The van der Waals surface area contributed by atoms with Gasteiger partial charge in [0.05, 0.1) is 11.0 Å². The van der Waals surface area contributed by atoms with Gasteiger partial charge in [0.25, 0.3) is 0 Å². The maximum absolute atomic E-state index is 6.25. The highest BCUT2D eigenvalue weighted by Gasteiger charge is 2.20. The van der Waals surface area contributed by atoms with E-state index in [1.807, 2.05) is 48.5 Å². The van der Waals surface area contributed by atoms with Gasteiger partial charge in [-0.2, -0.15) is 0 Å². The third-order valence-corrected chi connectivity index (χ3v) is 10.7. The first-order valence-corrected chi connectivity index (χ1v) is 19.3. The molecule has 6 nitrogen and oxygen atoms in total. The molecule has 3 aromatic heterocycles. The van der Waals surface area contributed by atoms with Crippen LogP contribution in [0.15, 0.2) is 205 Å². The van der Waals surface area contributed by atoms with Crippen molar-refractivity contribution in [3.63, 3.8) is 0 Å². The van der Waals surface area contributed by atoms with Crippen molar-refractivity contribution in [2.24, 2.45) is 0 Å². The topological polar surface area (TPSA) is 69.6 Å². The molecule has 6 heteroatoms. The molecule has 0 bridgehead atoms. The van der Waals surface area contributed by atoms with Gasteiger partial charge in [-0.1, -0.05) is 140 Å². The molecule has 0 aliphatic carbocycles. The number of hydrogen-bond acceptors (Lipinski definition) is 5. The highest BCUT2D eigenvalue weighted by atomic mass is 16.3. The molecule has 0 aliphatic heterocycles. The molecule has 11 rings (SSSR count). The lowest BCUT2D eigenvalue weighted by Gasteiger charge is -2.13. The highest BCUT2D eigenvalue weighted by molar-refractivity contribution is 6.13. The minimum atomic E-state index is 0.582. The minimum Gasteiger partial charge on any atom is -0.436 e. The van der Waals surface area contributed by atoms with Gasteiger partial charge in [-0.05, 0) is 82.9 Å². The zero-order valence-corrected chi connectivity index (χ0v) is 31.2. The molecule has 58 heavy (non-hydrogen) atoms. The summed E-state index contributed by atoms with van der Waals surface area (Å²) >= 11 is 0. The van der Waals surface area contributed by atoms with E-state index in [2.05, 4.69) is 156 Å². The first-order chi connectivity index (χ1) is 28.7. The number of para-hydroxylation sites is 3. The van der Waals surface area contributed by atoms with E-state index in [1.165, 1.54) is 5.39 Å². The van der Waals surface area contributed by atoms with Crippen LogP contribution in [0.3, 0.4) is 0 Å². The van der Waals surface area contributed by atoms with Crippen LogP contribution in [0.25, 0.3) is 106 Å². The van der Waals surface area contributed by atoms with E-state index in [0.29, 0.717) is 23.4 Å². The average molecular weight is 744 g/mol. The lowest BCUT2D eigenvalue weighted by atomic mass is 10.0. The average Bonchev–Trinajstić information content (AvgIpc) is 3.89. The molecule has 0 radical (unpaired) electrons. The molecular formula is C52H33N5O. The summed E-state index contributed by atoms with van der Waals surface area (Å²) in [5.41, 5.74) is 12.6. The normalized spacial score (nSPS) is 11.4. The van der Waals surface area contributed by atoms with Gasteiger partial charge in [-0.3, -0.25) is 0 Å². The molecule has 11 aromatic rings. The highest BCUT2D eigenvalue weighted by Crippen LogP contribution is 2.39. The van der Waals surface area contributed by atoms with E-state index >= 15 is 0 Å². The SMILES string of the molecule is c1ccc(-c2cccc(-c3nc(-c4cccc(-c5ccc6nc(-c7ccccc7)oc6c5)c4)nc(-c4cccc5c6ccccc6n(-c6ccccc6)c45)n3)c2)cc1. The summed E-state index contributed by atoms with van der Waals surface area (Å²) in [7, 11) is 0. The Labute approximate surface area is 334 Å². The lowest BCUT2D eigenvalue weighted by Crippen LogP contribution is -2.02. The van der Waals surface area contributed by atoms with E-state index < -0.39 is 0 Å². The first-order valence-electron chi connectivity index (χ1n) is 19.3. The third-order valence-electron chi connectivity index (χ3n) is 10.7. The number of fused-ring (bicyclic) bond motifs is 4. The van der Waals surface area contributed by atoms with Gasteiger partial charge in [0, 0.05) is 38.7 Å². The Hall–Kier alpha value is -7.96. The van der Waals surface area contributed by atoms with Crippen LogP contribution < -0.4 is 0 Å².